The number of benzene rings is 1. The zero-order valence-electron chi connectivity index (χ0n) is 11.9. The van der Waals surface area contributed by atoms with Gasteiger partial charge in [0.15, 0.2) is 0 Å². The van der Waals surface area contributed by atoms with Crippen LogP contribution in [-0.2, 0) is 0 Å². The van der Waals surface area contributed by atoms with Crippen molar-refractivity contribution in [2.45, 2.75) is 25.9 Å². The summed E-state index contributed by atoms with van der Waals surface area (Å²) in [5.74, 6) is 0.348. The normalized spacial score (nSPS) is 27.7. The largest absolute Gasteiger partial charge is 0.393 e. The minimum absolute atomic E-state index is 0.0576. The molecule has 1 aliphatic heterocycles. The molecule has 0 radical (unpaired) electrons. The summed E-state index contributed by atoms with van der Waals surface area (Å²) in [4.78, 5) is 24.7. The van der Waals surface area contributed by atoms with Crippen LogP contribution in [0.5, 0.6) is 0 Å². The van der Waals surface area contributed by atoms with Crippen LogP contribution >= 0.6 is 0 Å². The fourth-order valence-corrected chi connectivity index (χ4v) is 3.58. The van der Waals surface area contributed by atoms with E-state index in [4.69, 9.17) is 0 Å². The van der Waals surface area contributed by atoms with E-state index < -0.39 is 4.92 Å². The maximum atomic E-state index is 12.5. The monoisotopic (exact) mass is 290 g/mol. The molecule has 6 nitrogen and oxygen atoms in total. The Bertz CT molecular complexity index is 601. The number of likely N-dealkylation sites (tertiary alicyclic amines) is 1. The number of hydrogen-bond donors (Lipinski definition) is 1. The lowest BCUT2D eigenvalue weighted by atomic mass is 10.00. The summed E-state index contributed by atoms with van der Waals surface area (Å²) >= 11 is 0. The first-order valence-corrected chi connectivity index (χ1v) is 7.19. The van der Waals surface area contributed by atoms with Gasteiger partial charge in [0.1, 0.15) is 0 Å². The number of hydrogen-bond acceptors (Lipinski definition) is 4. The molecule has 0 spiro atoms. The number of nitrogens with zero attached hydrogens (tertiary/aromatic N) is 2. The third kappa shape index (κ3) is 2.51. The van der Waals surface area contributed by atoms with E-state index in [1.54, 1.807) is 17.9 Å². The predicted octanol–water partition coefficient (Wildman–Crippen LogP) is 1.75. The van der Waals surface area contributed by atoms with E-state index in [2.05, 4.69) is 0 Å². The number of aliphatic hydroxyl groups is 1. The molecule has 1 amide bonds. The number of fused-ring (bicyclic) bond motifs is 1. The minimum Gasteiger partial charge on any atom is -0.393 e. The average Bonchev–Trinajstić information content (AvgIpc) is 3.00. The zero-order chi connectivity index (χ0) is 15.1. The standard InChI is InChI=1S/C15H18N2O4/c1-9-4-11(6-12(5-9)17(20)21)15(19)16-7-10-2-3-14(18)13(10)8-16/h4-6,10,13-14,18H,2-3,7-8H2,1H3. The molecule has 6 heteroatoms. The molecular formula is C15H18N2O4. The quantitative estimate of drug-likeness (QED) is 0.664. The average molecular weight is 290 g/mol. The van der Waals surface area contributed by atoms with Gasteiger partial charge >= 0.3 is 0 Å². The minimum atomic E-state index is -0.480. The molecule has 21 heavy (non-hydrogen) atoms. The van der Waals surface area contributed by atoms with E-state index in [-0.39, 0.29) is 23.6 Å². The Balaban J connectivity index is 1.82. The van der Waals surface area contributed by atoms with Crippen LogP contribution in [0.15, 0.2) is 18.2 Å². The number of aryl methyl sites for hydroxylation is 1. The van der Waals surface area contributed by atoms with Crippen LogP contribution in [-0.4, -0.2) is 40.0 Å². The number of aliphatic hydroxyl groups excluding tert-OH is 1. The maximum absolute atomic E-state index is 12.5. The Labute approximate surface area is 122 Å². The van der Waals surface area contributed by atoms with Gasteiger partial charge in [0.25, 0.3) is 11.6 Å². The number of non-ortho nitro benzene ring substituents is 1. The molecule has 1 saturated heterocycles. The topological polar surface area (TPSA) is 83.7 Å². The molecule has 2 fully saturated rings. The molecule has 1 aromatic carbocycles. The van der Waals surface area contributed by atoms with Gasteiger partial charge in [-0.3, -0.25) is 14.9 Å². The Kier molecular flexibility index (Phi) is 3.41. The molecule has 3 unspecified atom stereocenters. The van der Waals surface area contributed by atoms with E-state index in [1.165, 1.54) is 12.1 Å². The van der Waals surface area contributed by atoms with Gasteiger partial charge in [-0.05, 0) is 37.3 Å². The number of nitro benzene ring substituents is 1. The summed E-state index contributed by atoms with van der Waals surface area (Å²) in [7, 11) is 0. The number of amides is 1. The van der Waals surface area contributed by atoms with Crippen LogP contribution in [0, 0.1) is 28.9 Å². The summed E-state index contributed by atoms with van der Waals surface area (Å²) in [5.41, 5.74) is 1.00. The highest BCUT2D eigenvalue weighted by atomic mass is 16.6. The summed E-state index contributed by atoms with van der Waals surface area (Å²) in [6, 6.07) is 4.47. The number of rotatable bonds is 2. The zero-order valence-corrected chi connectivity index (χ0v) is 11.9. The van der Waals surface area contributed by atoms with Crippen molar-refractivity contribution in [3.05, 3.63) is 39.4 Å². The molecular weight excluding hydrogens is 272 g/mol. The number of nitro groups is 1. The van der Waals surface area contributed by atoms with Crippen LogP contribution in [0.3, 0.4) is 0 Å². The van der Waals surface area contributed by atoms with Crippen molar-refractivity contribution >= 4 is 11.6 Å². The summed E-state index contributed by atoms with van der Waals surface area (Å²) < 4.78 is 0. The van der Waals surface area contributed by atoms with Crippen LogP contribution in [0.4, 0.5) is 5.69 Å². The second-order valence-electron chi connectivity index (χ2n) is 6.09. The first-order chi connectivity index (χ1) is 9.95. The fraction of sp³-hybridized carbons (Fsp3) is 0.533. The molecule has 1 heterocycles. The Morgan fingerprint density at radius 3 is 2.76 bits per heavy atom. The van der Waals surface area contributed by atoms with E-state index in [0.29, 0.717) is 30.1 Å². The van der Waals surface area contributed by atoms with Crippen LogP contribution in [0.25, 0.3) is 0 Å². The van der Waals surface area contributed by atoms with Gasteiger partial charge in [0.2, 0.25) is 0 Å². The van der Waals surface area contributed by atoms with Crippen molar-refractivity contribution in [2.24, 2.45) is 11.8 Å². The van der Waals surface area contributed by atoms with Gasteiger partial charge in [-0.1, -0.05) is 0 Å². The lowest BCUT2D eigenvalue weighted by Gasteiger charge is -2.18. The van der Waals surface area contributed by atoms with Crippen molar-refractivity contribution < 1.29 is 14.8 Å². The lowest BCUT2D eigenvalue weighted by molar-refractivity contribution is -0.384. The Morgan fingerprint density at radius 1 is 1.33 bits per heavy atom. The third-order valence-corrected chi connectivity index (χ3v) is 4.63. The van der Waals surface area contributed by atoms with Gasteiger partial charge in [0, 0.05) is 36.7 Å². The second-order valence-corrected chi connectivity index (χ2v) is 6.09. The molecule has 0 aromatic heterocycles. The SMILES string of the molecule is Cc1cc(C(=O)N2CC3CCC(O)C3C2)cc([N+](=O)[O-])c1. The van der Waals surface area contributed by atoms with E-state index in [1.807, 2.05) is 0 Å². The molecule has 3 atom stereocenters. The molecule has 112 valence electrons. The summed E-state index contributed by atoms with van der Waals surface area (Å²) in [6.07, 6.45) is 1.44. The molecule has 1 N–H and O–H groups in total. The van der Waals surface area contributed by atoms with E-state index in [9.17, 15) is 20.0 Å². The highest BCUT2D eigenvalue weighted by Crippen LogP contribution is 2.38. The van der Waals surface area contributed by atoms with Gasteiger partial charge in [-0.25, -0.2) is 0 Å². The molecule has 2 aliphatic rings. The van der Waals surface area contributed by atoms with Gasteiger partial charge in [-0.2, -0.15) is 0 Å². The maximum Gasteiger partial charge on any atom is 0.270 e. The van der Waals surface area contributed by atoms with Gasteiger partial charge < -0.3 is 10.0 Å². The van der Waals surface area contributed by atoms with Crippen LogP contribution in [0.1, 0.15) is 28.8 Å². The highest BCUT2D eigenvalue weighted by Gasteiger charge is 2.43. The first-order valence-electron chi connectivity index (χ1n) is 7.19. The number of carbonyl (C=O) groups is 1. The van der Waals surface area contributed by atoms with E-state index >= 15 is 0 Å². The number of carbonyl (C=O) groups excluding carboxylic acids is 1. The van der Waals surface area contributed by atoms with Crippen molar-refractivity contribution in [3.63, 3.8) is 0 Å². The first kappa shape index (κ1) is 14.0. The van der Waals surface area contributed by atoms with Crippen molar-refractivity contribution in [2.75, 3.05) is 13.1 Å². The van der Waals surface area contributed by atoms with E-state index in [0.717, 1.165) is 12.8 Å². The van der Waals surface area contributed by atoms with Crippen LogP contribution < -0.4 is 0 Å². The fourth-order valence-electron chi connectivity index (χ4n) is 3.58. The van der Waals surface area contributed by atoms with Crippen molar-refractivity contribution in [1.82, 2.24) is 4.90 Å². The Hall–Kier alpha value is -1.95. The molecule has 0 bridgehead atoms. The van der Waals surface area contributed by atoms with Gasteiger partial charge in [0.05, 0.1) is 11.0 Å². The summed E-state index contributed by atoms with van der Waals surface area (Å²) in [5, 5.41) is 20.8. The summed E-state index contributed by atoms with van der Waals surface area (Å²) in [6.45, 7) is 2.93. The molecule has 1 saturated carbocycles. The van der Waals surface area contributed by atoms with Crippen molar-refractivity contribution in [1.29, 1.82) is 0 Å². The molecule has 1 aliphatic carbocycles. The smallest absolute Gasteiger partial charge is 0.270 e. The predicted molar refractivity (Wildman–Crippen MR) is 76.0 cm³/mol. The third-order valence-electron chi connectivity index (χ3n) is 4.63. The van der Waals surface area contributed by atoms with Crippen LogP contribution in [0.2, 0.25) is 0 Å². The highest BCUT2D eigenvalue weighted by molar-refractivity contribution is 5.95. The van der Waals surface area contributed by atoms with Crippen molar-refractivity contribution in [3.8, 4) is 0 Å². The Morgan fingerprint density at radius 2 is 2.10 bits per heavy atom. The molecule has 3 rings (SSSR count). The lowest BCUT2D eigenvalue weighted by Crippen LogP contribution is -2.31. The second kappa shape index (κ2) is 5.11. The molecule has 1 aromatic rings. The van der Waals surface area contributed by atoms with Gasteiger partial charge in [-0.15, -0.1) is 0 Å².